The summed E-state index contributed by atoms with van der Waals surface area (Å²) in [4.78, 5) is 14.1. The molecule has 19 heavy (non-hydrogen) atoms. The second-order valence-electron chi connectivity index (χ2n) is 6.40. The van der Waals surface area contributed by atoms with Crippen LogP contribution in [-0.2, 0) is 4.79 Å². The molecule has 0 aromatic rings. The van der Waals surface area contributed by atoms with Gasteiger partial charge in [-0.3, -0.25) is 4.79 Å². The van der Waals surface area contributed by atoms with Gasteiger partial charge in [0, 0.05) is 6.04 Å². The van der Waals surface area contributed by atoms with E-state index in [0.717, 1.165) is 51.2 Å². The summed E-state index contributed by atoms with van der Waals surface area (Å²) >= 11 is 0. The molecule has 2 fully saturated rings. The smallest absolute Gasteiger partial charge is 0.306 e. The first-order chi connectivity index (χ1) is 9.22. The number of unbranched alkanes of at least 4 members (excludes halogenated alkanes) is 1. The summed E-state index contributed by atoms with van der Waals surface area (Å²) in [6.07, 6.45) is 10.7. The molecular weight excluding hydrogens is 238 g/mol. The van der Waals surface area contributed by atoms with Crippen LogP contribution in [0.5, 0.6) is 0 Å². The minimum absolute atomic E-state index is 0.0920. The zero-order valence-electron chi connectivity index (χ0n) is 12.3. The highest BCUT2D eigenvalue weighted by atomic mass is 16.4. The van der Waals surface area contributed by atoms with E-state index < -0.39 is 5.97 Å². The predicted molar refractivity (Wildman–Crippen MR) is 77.2 cm³/mol. The van der Waals surface area contributed by atoms with Gasteiger partial charge in [0.05, 0.1) is 5.92 Å². The molecule has 3 heteroatoms. The Bertz CT molecular complexity index is 278. The topological polar surface area (TPSA) is 40.5 Å². The molecule has 1 N–H and O–H groups in total. The van der Waals surface area contributed by atoms with Crippen LogP contribution in [0.2, 0.25) is 0 Å². The number of piperidine rings is 1. The number of hydrogen-bond acceptors (Lipinski definition) is 2. The van der Waals surface area contributed by atoms with Crippen molar-refractivity contribution in [3.63, 3.8) is 0 Å². The maximum atomic E-state index is 11.4. The van der Waals surface area contributed by atoms with Crippen molar-refractivity contribution >= 4 is 5.97 Å². The van der Waals surface area contributed by atoms with E-state index >= 15 is 0 Å². The summed E-state index contributed by atoms with van der Waals surface area (Å²) < 4.78 is 0. The molecule has 1 aliphatic heterocycles. The molecule has 1 atom stereocenters. The minimum Gasteiger partial charge on any atom is -0.481 e. The van der Waals surface area contributed by atoms with Gasteiger partial charge in [-0.2, -0.15) is 0 Å². The van der Waals surface area contributed by atoms with Crippen molar-refractivity contribution in [1.29, 1.82) is 0 Å². The number of carboxylic acid groups (broad SMARTS) is 1. The maximum absolute atomic E-state index is 11.4. The number of carboxylic acids is 1. The van der Waals surface area contributed by atoms with Crippen molar-refractivity contribution in [1.82, 2.24) is 4.90 Å². The molecule has 1 heterocycles. The number of carbonyl (C=O) groups is 1. The van der Waals surface area contributed by atoms with Gasteiger partial charge in [0.1, 0.15) is 0 Å². The molecule has 0 radical (unpaired) electrons. The van der Waals surface area contributed by atoms with Crippen LogP contribution in [0.4, 0.5) is 0 Å². The first-order valence-electron chi connectivity index (χ1n) is 8.19. The second-order valence-corrected chi connectivity index (χ2v) is 6.40. The van der Waals surface area contributed by atoms with E-state index in [1.54, 1.807) is 0 Å². The SMILES string of the molecule is CCCCC(C(=O)O)C1CCN(C2CCCC2)CC1. The van der Waals surface area contributed by atoms with Gasteiger partial charge in [-0.15, -0.1) is 0 Å². The van der Waals surface area contributed by atoms with Crippen molar-refractivity contribution in [2.45, 2.75) is 70.8 Å². The normalized spacial score (nSPS) is 24.7. The largest absolute Gasteiger partial charge is 0.481 e. The zero-order valence-corrected chi connectivity index (χ0v) is 12.3. The summed E-state index contributed by atoms with van der Waals surface area (Å²) in [6.45, 7) is 4.40. The molecule has 0 aromatic carbocycles. The summed E-state index contributed by atoms with van der Waals surface area (Å²) in [5, 5.41) is 9.42. The standard InChI is InChI=1S/C16H29NO2/c1-2-3-8-15(16(18)19)13-9-11-17(12-10-13)14-6-4-5-7-14/h13-15H,2-12H2,1H3,(H,18,19). The molecule has 1 saturated carbocycles. The van der Waals surface area contributed by atoms with Gasteiger partial charge in [-0.05, 0) is 51.1 Å². The van der Waals surface area contributed by atoms with Crippen molar-refractivity contribution in [2.24, 2.45) is 11.8 Å². The summed E-state index contributed by atoms with van der Waals surface area (Å²) in [6, 6.07) is 0.805. The molecule has 110 valence electrons. The number of nitrogens with zero attached hydrogens (tertiary/aromatic N) is 1. The van der Waals surface area contributed by atoms with Gasteiger partial charge in [0.15, 0.2) is 0 Å². The van der Waals surface area contributed by atoms with E-state index in [2.05, 4.69) is 11.8 Å². The molecule has 1 unspecified atom stereocenters. The van der Waals surface area contributed by atoms with Gasteiger partial charge >= 0.3 is 5.97 Å². The number of likely N-dealkylation sites (tertiary alicyclic amines) is 1. The maximum Gasteiger partial charge on any atom is 0.306 e. The van der Waals surface area contributed by atoms with Crippen LogP contribution in [0.25, 0.3) is 0 Å². The quantitative estimate of drug-likeness (QED) is 0.800. The highest BCUT2D eigenvalue weighted by Gasteiger charge is 2.33. The Balaban J connectivity index is 1.81. The van der Waals surface area contributed by atoms with Gasteiger partial charge in [0.2, 0.25) is 0 Å². The van der Waals surface area contributed by atoms with Crippen LogP contribution >= 0.6 is 0 Å². The summed E-state index contributed by atoms with van der Waals surface area (Å²) in [5.74, 6) is -0.236. The first kappa shape index (κ1) is 14.8. The van der Waals surface area contributed by atoms with E-state index in [0.29, 0.717) is 5.92 Å². The third-order valence-corrected chi connectivity index (χ3v) is 5.17. The van der Waals surface area contributed by atoms with Crippen LogP contribution < -0.4 is 0 Å². The van der Waals surface area contributed by atoms with Gasteiger partial charge in [-0.25, -0.2) is 0 Å². The average Bonchev–Trinajstić information content (AvgIpc) is 2.93. The molecule has 0 bridgehead atoms. The van der Waals surface area contributed by atoms with Crippen LogP contribution in [-0.4, -0.2) is 35.1 Å². The van der Waals surface area contributed by atoms with E-state index in [-0.39, 0.29) is 5.92 Å². The zero-order chi connectivity index (χ0) is 13.7. The van der Waals surface area contributed by atoms with Crippen LogP contribution in [0, 0.1) is 11.8 Å². The van der Waals surface area contributed by atoms with Crippen molar-refractivity contribution in [3.8, 4) is 0 Å². The third-order valence-electron chi connectivity index (χ3n) is 5.17. The number of hydrogen-bond donors (Lipinski definition) is 1. The number of aliphatic carboxylic acids is 1. The lowest BCUT2D eigenvalue weighted by molar-refractivity contribution is -0.144. The van der Waals surface area contributed by atoms with Gasteiger partial charge < -0.3 is 10.0 Å². The Kier molecular flexibility index (Phi) is 5.68. The number of rotatable bonds is 6. The summed E-state index contributed by atoms with van der Waals surface area (Å²) in [5.41, 5.74) is 0. The monoisotopic (exact) mass is 267 g/mol. The molecule has 1 saturated heterocycles. The van der Waals surface area contributed by atoms with E-state index in [4.69, 9.17) is 0 Å². The fraction of sp³-hybridized carbons (Fsp3) is 0.938. The predicted octanol–water partition coefficient (Wildman–Crippen LogP) is 3.53. The Morgan fingerprint density at radius 3 is 2.37 bits per heavy atom. The minimum atomic E-state index is -0.562. The first-order valence-corrected chi connectivity index (χ1v) is 8.19. The second kappa shape index (κ2) is 7.28. The Morgan fingerprint density at radius 1 is 1.21 bits per heavy atom. The van der Waals surface area contributed by atoms with Crippen LogP contribution in [0.1, 0.15) is 64.7 Å². The Labute approximate surface area is 117 Å². The van der Waals surface area contributed by atoms with Gasteiger partial charge in [0.25, 0.3) is 0 Å². The lowest BCUT2D eigenvalue weighted by Crippen LogP contribution is -2.42. The third kappa shape index (κ3) is 3.95. The molecule has 0 spiro atoms. The van der Waals surface area contributed by atoms with E-state index in [9.17, 15) is 9.90 Å². The highest BCUT2D eigenvalue weighted by molar-refractivity contribution is 5.70. The summed E-state index contributed by atoms with van der Waals surface area (Å²) in [7, 11) is 0. The highest BCUT2D eigenvalue weighted by Crippen LogP contribution is 2.32. The molecule has 1 aliphatic carbocycles. The fourth-order valence-corrected chi connectivity index (χ4v) is 3.94. The van der Waals surface area contributed by atoms with Crippen molar-refractivity contribution in [3.05, 3.63) is 0 Å². The van der Waals surface area contributed by atoms with Crippen molar-refractivity contribution in [2.75, 3.05) is 13.1 Å². The fourth-order valence-electron chi connectivity index (χ4n) is 3.94. The Morgan fingerprint density at radius 2 is 1.84 bits per heavy atom. The van der Waals surface area contributed by atoms with Crippen LogP contribution in [0.3, 0.4) is 0 Å². The van der Waals surface area contributed by atoms with Crippen LogP contribution in [0.15, 0.2) is 0 Å². The molecular formula is C16H29NO2. The average molecular weight is 267 g/mol. The van der Waals surface area contributed by atoms with Gasteiger partial charge in [-0.1, -0.05) is 32.6 Å². The Hall–Kier alpha value is -0.570. The van der Waals surface area contributed by atoms with E-state index in [1.165, 1.54) is 25.7 Å². The molecule has 0 amide bonds. The van der Waals surface area contributed by atoms with Crippen molar-refractivity contribution < 1.29 is 9.90 Å². The molecule has 2 aliphatic rings. The molecule has 2 rings (SSSR count). The lowest BCUT2D eigenvalue weighted by atomic mass is 9.81. The molecule has 0 aromatic heterocycles. The lowest BCUT2D eigenvalue weighted by Gasteiger charge is -2.38. The van der Waals surface area contributed by atoms with E-state index in [1.807, 2.05) is 0 Å². The molecule has 3 nitrogen and oxygen atoms in total.